The molecule has 7 nitrogen and oxygen atoms in total. The van der Waals surface area contributed by atoms with Crippen LogP contribution in [0, 0.1) is 0 Å². The zero-order valence-electron chi connectivity index (χ0n) is 15.5. The Morgan fingerprint density at radius 1 is 0.889 bits per heavy atom. The topological polar surface area (TPSA) is 64.6 Å². The summed E-state index contributed by atoms with van der Waals surface area (Å²) in [5, 5.41) is 3.01. The first kappa shape index (κ1) is 17.7. The Hall–Kier alpha value is -2.67. The average molecular weight is 366 g/mol. The van der Waals surface area contributed by atoms with Gasteiger partial charge in [0.15, 0.2) is 0 Å². The van der Waals surface area contributed by atoms with Crippen LogP contribution in [0.4, 0.5) is 17.3 Å². The second-order valence-corrected chi connectivity index (χ2v) is 7.10. The van der Waals surface area contributed by atoms with E-state index in [0.29, 0.717) is 6.54 Å². The summed E-state index contributed by atoms with van der Waals surface area (Å²) in [6, 6.07) is 10.0. The van der Waals surface area contributed by atoms with Crippen LogP contribution in [0.5, 0.6) is 0 Å². The van der Waals surface area contributed by atoms with E-state index in [0.717, 1.165) is 50.9 Å². The number of amides is 1. The smallest absolute Gasteiger partial charge is 0.238 e. The van der Waals surface area contributed by atoms with E-state index >= 15 is 0 Å². The first-order valence-corrected chi connectivity index (χ1v) is 9.67. The average Bonchev–Trinajstić information content (AvgIpc) is 3.25. The molecule has 0 spiro atoms. The first-order valence-electron chi connectivity index (χ1n) is 9.67. The Labute approximate surface area is 160 Å². The number of rotatable bonds is 5. The number of carbonyl (C=O) groups is 1. The lowest BCUT2D eigenvalue weighted by atomic mass is 10.2. The lowest BCUT2D eigenvalue weighted by Gasteiger charge is -2.34. The predicted molar refractivity (Wildman–Crippen MR) is 107 cm³/mol. The van der Waals surface area contributed by atoms with Crippen LogP contribution in [0.25, 0.3) is 0 Å². The molecular formula is C20H26N6O. The van der Waals surface area contributed by atoms with Crippen molar-refractivity contribution in [2.24, 2.45) is 0 Å². The van der Waals surface area contributed by atoms with Crippen LogP contribution in [-0.4, -0.2) is 66.6 Å². The summed E-state index contributed by atoms with van der Waals surface area (Å²) in [4.78, 5) is 27.7. The minimum absolute atomic E-state index is 0.0355. The number of hydrogen-bond acceptors (Lipinski definition) is 6. The summed E-state index contributed by atoms with van der Waals surface area (Å²) in [5.41, 5.74) is 2.10. The molecule has 3 heterocycles. The van der Waals surface area contributed by atoms with Gasteiger partial charge in [-0.3, -0.25) is 9.69 Å². The quantitative estimate of drug-likeness (QED) is 0.871. The van der Waals surface area contributed by atoms with Crippen LogP contribution in [-0.2, 0) is 4.79 Å². The maximum Gasteiger partial charge on any atom is 0.238 e. The molecule has 1 N–H and O–H groups in total. The predicted octanol–water partition coefficient (Wildman–Crippen LogP) is 1.84. The number of aromatic nitrogens is 2. The Bertz CT molecular complexity index is 737. The third-order valence-corrected chi connectivity index (χ3v) is 5.20. The molecule has 0 atom stereocenters. The zero-order chi connectivity index (χ0) is 18.5. The van der Waals surface area contributed by atoms with E-state index in [1.165, 1.54) is 18.5 Å². The number of carbonyl (C=O) groups excluding carboxylic acids is 1. The molecule has 2 aliphatic rings. The molecular weight excluding hydrogens is 340 g/mol. The second-order valence-electron chi connectivity index (χ2n) is 7.10. The van der Waals surface area contributed by atoms with Crippen LogP contribution in [0.2, 0.25) is 0 Å². The van der Waals surface area contributed by atoms with E-state index in [4.69, 9.17) is 0 Å². The molecule has 0 unspecified atom stereocenters. The van der Waals surface area contributed by atoms with E-state index in [2.05, 4.69) is 42.1 Å². The monoisotopic (exact) mass is 366 g/mol. The summed E-state index contributed by atoms with van der Waals surface area (Å²) in [7, 11) is 0. The number of anilines is 3. The van der Waals surface area contributed by atoms with Crippen molar-refractivity contribution in [1.82, 2.24) is 14.9 Å². The van der Waals surface area contributed by atoms with E-state index in [9.17, 15) is 4.79 Å². The molecule has 1 amide bonds. The largest absolute Gasteiger partial charge is 0.372 e. The molecule has 7 heteroatoms. The summed E-state index contributed by atoms with van der Waals surface area (Å²) in [6.07, 6.45) is 6.05. The molecule has 2 saturated heterocycles. The minimum atomic E-state index is 0.0355. The molecule has 2 aromatic rings. The van der Waals surface area contributed by atoms with E-state index in [1.54, 1.807) is 12.4 Å². The van der Waals surface area contributed by atoms with Crippen molar-refractivity contribution in [2.75, 3.05) is 60.9 Å². The normalized spacial score (nSPS) is 17.9. The summed E-state index contributed by atoms with van der Waals surface area (Å²) >= 11 is 0. The molecule has 142 valence electrons. The molecule has 2 fully saturated rings. The van der Waals surface area contributed by atoms with Crippen LogP contribution >= 0.6 is 0 Å². The molecule has 1 aromatic carbocycles. The fourth-order valence-corrected chi connectivity index (χ4v) is 3.70. The zero-order valence-corrected chi connectivity index (χ0v) is 15.5. The third kappa shape index (κ3) is 4.54. The lowest BCUT2D eigenvalue weighted by Crippen LogP contribution is -2.49. The number of nitrogens with one attached hydrogen (secondary N) is 1. The molecule has 4 rings (SSSR count). The van der Waals surface area contributed by atoms with Gasteiger partial charge in [0.2, 0.25) is 11.9 Å². The number of piperazine rings is 1. The lowest BCUT2D eigenvalue weighted by molar-refractivity contribution is -0.117. The van der Waals surface area contributed by atoms with Gasteiger partial charge in [-0.1, -0.05) is 0 Å². The van der Waals surface area contributed by atoms with Gasteiger partial charge in [0.25, 0.3) is 0 Å². The van der Waals surface area contributed by atoms with Gasteiger partial charge in [-0.05, 0) is 43.2 Å². The van der Waals surface area contributed by atoms with Gasteiger partial charge in [-0.15, -0.1) is 0 Å². The third-order valence-electron chi connectivity index (χ3n) is 5.20. The Morgan fingerprint density at radius 2 is 1.56 bits per heavy atom. The SMILES string of the molecule is O=C(CN1CCN(c2ncccn2)CC1)Nc1ccc(N2CCCC2)cc1. The fraction of sp³-hybridized carbons (Fsp3) is 0.450. The van der Waals surface area contributed by atoms with Crippen molar-refractivity contribution in [3.8, 4) is 0 Å². The van der Waals surface area contributed by atoms with E-state index < -0.39 is 0 Å². The summed E-state index contributed by atoms with van der Waals surface area (Å²) in [5.74, 6) is 0.799. The number of benzene rings is 1. The van der Waals surface area contributed by atoms with Crippen LogP contribution in [0.3, 0.4) is 0 Å². The highest BCUT2D eigenvalue weighted by Crippen LogP contribution is 2.22. The van der Waals surface area contributed by atoms with Crippen molar-refractivity contribution >= 4 is 23.2 Å². The maximum atomic E-state index is 12.4. The molecule has 0 radical (unpaired) electrons. The van der Waals surface area contributed by atoms with Crippen LogP contribution in [0.1, 0.15) is 12.8 Å². The highest BCUT2D eigenvalue weighted by molar-refractivity contribution is 5.92. The molecule has 2 aliphatic heterocycles. The van der Waals surface area contributed by atoms with Crippen molar-refractivity contribution < 1.29 is 4.79 Å². The van der Waals surface area contributed by atoms with Gasteiger partial charge in [0, 0.05) is 63.0 Å². The first-order chi connectivity index (χ1) is 13.3. The molecule has 1 aromatic heterocycles. The van der Waals surface area contributed by atoms with Crippen molar-refractivity contribution in [2.45, 2.75) is 12.8 Å². The van der Waals surface area contributed by atoms with Gasteiger partial charge >= 0.3 is 0 Å². The van der Waals surface area contributed by atoms with E-state index in [1.807, 2.05) is 18.2 Å². The van der Waals surface area contributed by atoms with Crippen molar-refractivity contribution in [3.05, 3.63) is 42.7 Å². The standard InChI is InChI=1S/C20H26N6O/c27-19(23-17-4-6-18(7-5-17)25-10-1-2-11-25)16-24-12-14-26(15-13-24)20-21-8-3-9-22-20/h3-9H,1-2,10-16H2,(H,23,27). The van der Waals surface area contributed by atoms with E-state index in [-0.39, 0.29) is 5.91 Å². The van der Waals surface area contributed by atoms with Crippen LogP contribution in [0.15, 0.2) is 42.7 Å². The summed E-state index contributed by atoms with van der Waals surface area (Å²) in [6.45, 7) is 6.01. The Balaban J connectivity index is 1.24. The molecule has 0 bridgehead atoms. The van der Waals surface area contributed by atoms with Crippen molar-refractivity contribution in [1.29, 1.82) is 0 Å². The van der Waals surface area contributed by atoms with Gasteiger partial charge in [0.1, 0.15) is 0 Å². The highest BCUT2D eigenvalue weighted by Gasteiger charge is 2.20. The minimum Gasteiger partial charge on any atom is -0.372 e. The van der Waals surface area contributed by atoms with Gasteiger partial charge in [0.05, 0.1) is 6.54 Å². The number of nitrogens with zero attached hydrogens (tertiary/aromatic N) is 5. The van der Waals surface area contributed by atoms with Gasteiger partial charge in [-0.25, -0.2) is 9.97 Å². The Morgan fingerprint density at radius 3 is 2.22 bits per heavy atom. The molecule has 0 saturated carbocycles. The Kier molecular flexibility index (Phi) is 5.48. The van der Waals surface area contributed by atoms with Gasteiger partial charge in [-0.2, -0.15) is 0 Å². The molecule has 0 aliphatic carbocycles. The van der Waals surface area contributed by atoms with Gasteiger partial charge < -0.3 is 15.1 Å². The highest BCUT2D eigenvalue weighted by atomic mass is 16.2. The second kappa shape index (κ2) is 8.35. The van der Waals surface area contributed by atoms with Crippen LogP contribution < -0.4 is 15.1 Å². The summed E-state index contributed by atoms with van der Waals surface area (Å²) < 4.78 is 0. The van der Waals surface area contributed by atoms with Crippen molar-refractivity contribution in [3.63, 3.8) is 0 Å². The fourth-order valence-electron chi connectivity index (χ4n) is 3.70. The number of hydrogen-bond donors (Lipinski definition) is 1. The molecule has 27 heavy (non-hydrogen) atoms. The maximum absolute atomic E-state index is 12.4.